The number of aromatic nitrogens is 1. The smallest absolute Gasteiger partial charge is 0.266 e. The van der Waals surface area contributed by atoms with E-state index in [9.17, 15) is 4.79 Å². The van der Waals surface area contributed by atoms with E-state index in [0.717, 1.165) is 22.2 Å². The molecule has 3 nitrogen and oxygen atoms in total. The number of benzene rings is 2. The highest BCUT2D eigenvalue weighted by molar-refractivity contribution is 8.26. The van der Waals surface area contributed by atoms with Crippen LogP contribution in [0.1, 0.15) is 11.3 Å². The van der Waals surface area contributed by atoms with Gasteiger partial charge < -0.3 is 0 Å². The molecule has 1 aliphatic heterocycles. The van der Waals surface area contributed by atoms with Crippen molar-refractivity contribution in [3.05, 3.63) is 82.9 Å². The van der Waals surface area contributed by atoms with Crippen molar-refractivity contribution in [1.82, 2.24) is 9.88 Å². The summed E-state index contributed by atoms with van der Waals surface area (Å²) in [7, 11) is 0. The van der Waals surface area contributed by atoms with E-state index in [2.05, 4.69) is 4.98 Å². The fourth-order valence-electron chi connectivity index (χ4n) is 2.70. The van der Waals surface area contributed by atoms with Crippen LogP contribution in [0.3, 0.4) is 0 Å². The second kappa shape index (κ2) is 6.78. The predicted octanol–water partition coefficient (Wildman–Crippen LogP) is 4.64. The van der Waals surface area contributed by atoms with Crippen LogP contribution in [-0.2, 0) is 11.3 Å². The molecule has 1 aliphatic rings. The van der Waals surface area contributed by atoms with E-state index in [1.165, 1.54) is 11.8 Å². The molecule has 0 bridgehead atoms. The minimum absolute atomic E-state index is 0.0613. The molecule has 0 aliphatic carbocycles. The number of thiocarbonyl (C=S) groups is 1. The molecule has 0 saturated carbocycles. The zero-order valence-corrected chi connectivity index (χ0v) is 14.9. The van der Waals surface area contributed by atoms with Crippen LogP contribution in [0.2, 0.25) is 0 Å². The second-order valence-electron chi connectivity index (χ2n) is 5.68. The van der Waals surface area contributed by atoms with Crippen molar-refractivity contribution in [2.45, 2.75) is 6.54 Å². The molecule has 2 heterocycles. The van der Waals surface area contributed by atoms with Gasteiger partial charge in [0, 0.05) is 5.39 Å². The third-order valence-electron chi connectivity index (χ3n) is 3.96. The van der Waals surface area contributed by atoms with Crippen molar-refractivity contribution in [3.63, 3.8) is 0 Å². The summed E-state index contributed by atoms with van der Waals surface area (Å²) in [5.74, 6) is -0.0613. The molecule has 0 atom stereocenters. The van der Waals surface area contributed by atoms with Gasteiger partial charge in [0.15, 0.2) is 0 Å². The highest BCUT2D eigenvalue weighted by atomic mass is 32.2. The molecular formula is C20H14N2OS2. The fourth-order valence-corrected chi connectivity index (χ4v) is 3.94. The molecule has 0 N–H and O–H groups in total. The Labute approximate surface area is 155 Å². The first-order valence-corrected chi connectivity index (χ1v) is 9.08. The summed E-state index contributed by atoms with van der Waals surface area (Å²) in [6, 6.07) is 21.7. The van der Waals surface area contributed by atoms with Crippen LogP contribution in [0, 0.1) is 0 Å². The van der Waals surface area contributed by atoms with Crippen LogP contribution in [0.4, 0.5) is 0 Å². The number of hydrogen-bond donors (Lipinski definition) is 0. The zero-order valence-electron chi connectivity index (χ0n) is 13.3. The molecule has 0 spiro atoms. The summed E-state index contributed by atoms with van der Waals surface area (Å²) < 4.78 is 0.584. The lowest BCUT2D eigenvalue weighted by molar-refractivity contribution is -0.122. The number of nitrogens with zero attached hydrogens (tertiary/aromatic N) is 2. The Morgan fingerprint density at radius 3 is 2.60 bits per heavy atom. The van der Waals surface area contributed by atoms with Crippen LogP contribution in [0.25, 0.3) is 17.0 Å². The average molecular weight is 362 g/mol. The molecule has 0 radical (unpaired) electrons. The number of pyridine rings is 1. The van der Waals surface area contributed by atoms with Gasteiger partial charge in [-0.1, -0.05) is 78.6 Å². The first-order chi connectivity index (χ1) is 12.2. The third-order valence-corrected chi connectivity index (χ3v) is 5.33. The van der Waals surface area contributed by atoms with Crippen molar-refractivity contribution < 1.29 is 4.79 Å². The van der Waals surface area contributed by atoms with E-state index in [-0.39, 0.29) is 5.91 Å². The van der Waals surface area contributed by atoms with Crippen molar-refractivity contribution in [3.8, 4) is 0 Å². The van der Waals surface area contributed by atoms with Gasteiger partial charge in [0.25, 0.3) is 5.91 Å². The maximum atomic E-state index is 12.7. The van der Waals surface area contributed by atoms with Crippen molar-refractivity contribution in [2.24, 2.45) is 0 Å². The largest absolute Gasteiger partial charge is 0.288 e. The highest BCUT2D eigenvalue weighted by Gasteiger charge is 2.32. The zero-order chi connectivity index (χ0) is 17.2. The molecule has 1 amide bonds. The normalized spacial score (nSPS) is 16.2. The van der Waals surface area contributed by atoms with E-state index < -0.39 is 0 Å². The molecule has 1 aromatic heterocycles. The summed E-state index contributed by atoms with van der Waals surface area (Å²) in [5.41, 5.74) is 2.74. The lowest BCUT2D eigenvalue weighted by atomic mass is 10.2. The Hall–Kier alpha value is -2.50. The fraction of sp³-hybridized carbons (Fsp3) is 0.0500. The van der Waals surface area contributed by atoms with Gasteiger partial charge in [0.05, 0.1) is 22.7 Å². The maximum Gasteiger partial charge on any atom is 0.266 e. The van der Waals surface area contributed by atoms with Crippen LogP contribution in [0.15, 0.2) is 71.6 Å². The Bertz CT molecular complexity index is 999. The van der Waals surface area contributed by atoms with Crippen molar-refractivity contribution in [2.75, 3.05) is 0 Å². The lowest BCUT2D eigenvalue weighted by Crippen LogP contribution is -2.27. The van der Waals surface area contributed by atoms with Crippen LogP contribution >= 0.6 is 24.0 Å². The third kappa shape index (κ3) is 3.34. The van der Waals surface area contributed by atoms with Gasteiger partial charge in [0.2, 0.25) is 0 Å². The Balaban J connectivity index is 1.60. The number of thioether (sulfide) groups is 1. The van der Waals surface area contributed by atoms with Gasteiger partial charge in [-0.3, -0.25) is 9.69 Å². The molecule has 25 heavy (non-hydrogen) atoms. The predicted molar refractivity (Wildman–Crippen MR) is 107 cm³/mol. The Kier molecular flexibility index (Phi) is 4.34. The Morgan fingerprint density at radius 2 is 1.76 bits per heavy atom. The van der Waals surface area contributed by atoms with Gasteiger partial charge >= 0.3 is 0 Å². The van der Waals surface area contributed by atoms with Crippen molar-refractivity contribution >= 4 is 51.2 Å². The van der Waals surface area contributed by atoms with E-state index in [0.29, 0.717) is 15.8 Å². The number of fused-ring (bicyclic) bond motifs is 1. The number of carbonyl (C=O) groups excluding carboxylic acids is 1. The monoisotopic (exact) mass is 362 g/mol. The lowest BCUT2D eigenvalue weighted by Gasteiger charge is -2.14. The minimum Gasteiger partial charge on any atom is -0.288 e. The molecule has 3 aromatic rings. The molecule has 5 heteroatoms. The van der Waals surface area contributed by atoms with Crippen molar-refractivity contribution in [1.29, 1.82) is 0 Å². The quantitative estimate of drug-likeness (QED) is 0.502. The molecule has 0 unspecified atom stereocenters. The number of rotatable bonds is 3. The van der Waals surface area contributed by atoms with Gasteiger partial charge in [-0.15, -0.1) is 0 Å². The van der Waals surface area contributed by atoms with Gasteiger partial charge in [-0.25, -0.2) is 4.98 Å². The topological polar surface area (TPSA) is 33.2 Å². The molecule has 4 rings (SSSR count). The summed E-state index contributed by atoms with van der Waals surface area (Å²) in [4.78, 5) is 19.6. The first kappa shape index (κ1) is 16.0. The summed E-state index contributed by atoms with van der Waals surface area (Å²) in [6.45, 7) is 0.494. The molecule has 122 valence electrons. The second-order valence-corrected chi connectivity index (χ2v) is 7.36. The van der Waals surface area contributed by atoms with E-state index in [4.69, 9.17) is 12.2 Å². The van der Waals surface area contributed by atoms with Crippen LogP contribution < -0.4 is 0 Å². The van der Waals surface area contributed by atoms with Crippen LogP contribution in [0.5, 0.6) is 0 Å². The van der Waals surface area contributed by atoms with Gasteiger partial charge in [-0.05, 0) is 23.8 Å². The highest BCUT2D eigenvalue weighted by Crippen LogP contribution is 2.33. The van der Waals surface area contributed by atoms with Gasteiger partial charge in [-0.2, -0.15) is 0 Å². The van der Waals surface area contributed by atoms with E-state index in [1.807, 2.05) is 72.8 Å². The number of para-hydroxylation sites is 1. The van der Waals surface area contributed by atoms with Gasteiger partial charge in [0.1, 0.15) is 4.32 Å². The SMILES string of the molecule is O=C1/C(=C\c2ccc3ccccc3n2)SC(=S)N1Cc1ccccc1. The molecular weight excluding hydrogens is 348 g/mol. The Morgan fingerprint density at radius 1 is 1.00 bits per heavy atom. The van der Waals surface area contributed by atoms with Crippen LogP contribution in [-0.4, -0.2) is 20.1 Å². The maximum absolute atomic E-state index is 12.7. The first-order valence-electron chi connectivity index (χ1n) is 7.86. The summed E-state index contributed by atoms with van der Waals surface area (Å²) in [6.07, 6.45) is 1.82. The summed E-state index contributed by atoms with van der Waals surface area (Å²) >= 11 is 6.72. The summed E-state index contributed by atoms with van der Waals surface area (Å²) in [5, 5.41) is 1.08. The number of hydrogen-bond acceptors (Lipinski definition) is 4. The van der Waals surface area contributed by atoms with E-state index >= 15 is 0 Å². The average Bonchev–Trinajstić information content (AvgIpc) is 2.90. The molecule has 1 fully saturated rings. The number of amides is 1. The van der Waals surface area contributed by atoms with E-state index in [1.54, 1.807) is 4.90 Å². The standard InChI is InChI=1S/C20H14N2OS2/c23-19-18(12-16-11-10-15-8-4-5-9-17(15)21-16)25-20(24)22(19)13-14-6-2-1-3-7-14/h1-12H,13H2/b18-12+. The molecule has 2 aromatic carbocycles. The molecule has 1 saturated heterocycles. The number of carbonyl (C=O) groups is 1. The minimum atomic E-state index is -0.0613.